The molecule has 88 valence electrons. The molecule has 0 saturated heterocycles. The van der Waals surface area contributed by atoms with Crippen LogP contribution in [0.25, 0.3) is 0 Å². The third-order valence-corrected chi connectivity index (χ3v) is 2.27. The van der Waals surface area contributed by atoms with E-state index in [1.807, 2.05) is 6.92 Å². The van der Waals surface area contributed by atoms with Crippen LogP contribution in [0.4, 0.5) is 0 Å². The highest BCUT2D eigenvalue weighted by Crippen LogP contribution is 2.08. The van der Waals surface area contributed by atoms with E-state index in [0.29, 0.717) is 18.8 Å². The molecular formula is C11H17N3O2. The summed E-state index contributed by atoms with van der Waals surface area (Å²) in [6.45, 7) is 3.02. The molecule has 0 bridgehead atoms. The number of hydrogen-bond acceptors (Lipinski definition) is 4. The van der Waals surface area contributed by atoms with Gasteiger partial charge in [0.2, 0.25) is 0 Å². The fourth-order valence-corrected chi connectivity index (χ4v) is 1.05. The summed E-state index contributed by atoms with van der Waals surface area (Å²) in [5, 5.41) is 0. The van der Waals surface area contributed by atoms with Crippen LogP contribution in [0.1, 0.15) is 12.6 Å². The van der Waals surface area contributed by atoms with Crippen LogP contribution < -0.4 is 10.5 Å². The van der Waals surface area contributed by atoms with Crippen molar-refractivity contribution in [2.45, 2.75) is 13.5 Å². The summed E-state index contributed by atoms with van der Waals surface area (Å²) in [6, 6.07) is 3.54. The SMILES string of the molecule is CCN(C)C(=O)COc1ccc(CN)nc1. The molecule has 0 spiro atoms. The molecule has 1 heterocycles. The third-order valence-electron chi connectivity index (χ3n) is 2.27. The predicted octanol–water partition coefficient (Wildman–Crippen LogP) is 0.397. The highest BCUT2D eigenvalue weighted by Gasteiger charge is 2.07. The zero-order chi connectivity index (χ0) is 12.0. The van der Waals surface area contributed by atoms with Gasteiger partial charge in [0.05, 0.1) is 11.9 Å². The van der Waals surface area contributed by atoms with Crippen molar-refractivity contribution in [1.82, 2.24) is 9.88 Å². The first kappa shape index (κ1) is 12.4. The average Bonchev–Trinajstić information content (AvgIpc) is 2.35. The molecule has 0 aromatic carbocycles. The van der Waals surface area contributed by atoms with Gasteiger partial charge in [0.1, 0.15) is 5.75 Å². The zero-order valence-electron chi connectivity index (χ0n) is 9.64. The zero-order valence-corrected chi connectivity index (χ0v) is 9.64. The Morgan fingerprint density at radius 3 is 2.81 bits per heavy atom. The van der Waals surface area contributed by atoms with E-state index in [2.05, 4.69) is 4.98 Å². The number of amides is 1. The summed E-state index contributed by atoms with van der Waals surface area (Å²) in [5.74, 6) is 0.528. The van der Waals surface area contributed by atoms with Crippen LogP contribution >= 0.6 is 0 Å². The second-order valence-electron chi connectivity index (χ2n) is 3.39. The molecule has 0 aliphatic carbocycles. The van der Waals surface area contributed by atoms with E-state index in [1.165, 1.54) is 0 Å². The number of hydrogen-bond donors (Lipinski definition) is 1. The van der Waals surface area contributed by atoms with E-state index in [-0.39, 0.29) is 12.5 Å². The monoisotopic (exact) mass is 223 g/mol. The largest absolute Gasteiger partial charge is 0.482 e. The Balaban J connectivity index is 2.45. The van der Waals surface area contributed by atoms with Crippen molar-refractivity contribution >= 4 is 5.91 Å². The first-order chi connectivity index (χ1) is 7.67. The van der Waals surface area contributed by atoms with E-state index >= 15 is 0 Å². The standard InChI is InChI=1S/C11H17N3O2/c1-3-14(2)11(15)8-16-10-5-4-9(6-12)13-7-10/h4-5,7H,3,6,8,12H2,1-2H3. The number of aromatic nitrogens is 1. The quantitative estimate of drug-likeness (QED) is 0.784. The Kier molecular flexibility index (Phi) is 4.72. The van der Waals surface area contributed by atoms with Gasteiger partial charge in [-0.1, -0.05) is 0 Å². The predicted molar refractivity (Wildman–Crippen MR) is 60.9 cm³/mol. The first-order valence-electron chi connectivity index (χ1n) is 5.19. The number of rotatable bonds is 5. The van der Waals surface area contributed by atoms with Crippen LogP contribution in [0, 0.1) is 0 Å². The molecule has 1 aromatic heterocycles. The maximum Gasteiger partial charge on any atom is 0.260 e. The van der Waals surface area contributed by atoms with Gasteiger partial charge in [-0.3, -0.25) is 9.78 Å². The van der Waals surface area contributed by atoms with Crippen LogP contribution in [-0.4, -0.2) is 36.0 Å². The number of ether oxygens (including phenoxy) is 1. The first-order valence-corrected chi connectivity index (χ1v) is 5.19. The van der Waals surface area contributed by atoms with Gasteiger partial charge in [-0.25, -0.2) is 0 Å². The van der Waals surface area contributed by atoms with Crippen molar-refractivity contribution in [3.8, 4) is 5.75 Å². The normalized spacial score (nSPS) is 9.94. The Morgan fingerprint density at radius 1 is 1.56 bits per heavy atom. The molecule has 0 saturated carbocycles. The van der Waals surface area contributed by atoms with Crippen molar-refractivity contribution in [3.05, 3.63) is 24.0 Å². The molecule has 0 atom stereocenters. The van der Waals surface area contributed by atoms with Gasteiger partial charge in [-0.15, -0.1) is 0 Å². The van der Waals surface area contributed by atoms with Crippen LogP contribution in [0.5, 0.6) is 5.75 Å². The smallest absolute Gasteiger partial charge is 0.260 e. The minimum Gasteiger partial charge on any atom is -0.482 e. The lowest BCUT2D eigenvalue weighted by Gasteiger charge is -2.14. The molecular weight excluding hydrogens is 206 g/mol. The molecule has 0 unspecified atom stereocenters. The van der Waals surface area contributed by atoms with Crippen molar-refractivity contribution in [3.63, 3.8) is 0 Å². The van der Waals surface area contributed by atoms with Crippen molar-refractivity contribution in [2.75, 3.05) is 20.2 Å². The molecule has 0 aliphatic rings. The lowest BCUT2D eigenvalue weighted by Crippen LogP contribution is -2.31. The summed E-state index contributed by atoms with van der Waals surface area (Å²) < 4.78 is 5.30. The molecule has 1 aromatic rings. The highest BCUT2D eigenvalue weighted by molar-refractivity contribution is 5.77. The minimum atomic E-state index is -0.0506. The van der Waals surface area contributed by atoms with E-state index < -0.39 is 0 Å². The number of likely N-dealkylation sites (N-methyl/N-ethyl adjacent to an activating group) is 1. The maximum absolute atomic E-state index is 11.4. The summed E-state index contributed by atoms with van der Waals surface area (Å²) in [5.41, 5.74) is 6.21. The summed E-state index contributed by atoms with van der Waals surface area (Å²) in [6.07, 6.45) is 1.57. The minimum absolute atomic E-state index is 0.0357. The lowest BCUT2D eigenvalue weighted by atomic mass is 10.3. The van der Waals surface area contributed by atoms with Crippen LogP contribution in [0.2, 0.25) is 0 Å². The van der Waals surface area contributed by atoms with E-state index in [9.17, 15) is 4.79 Å². The van der Waals surface area contributed by atoms with Gasteiger partial charge in [-0.05, 0) is 19.1 Å². The summed E-state index contributed by atoms with van der Waals surface area (Å²) >= 11 is 0. The molecule has 0 radical (unpaired) electrons. The molecule has 0 aliphatic heterocycles. The Labute approximate surface area is 95.2 Å². The summed E-state index contributed by atoms with van der Waals surface area (Å²) in [7, 11) is 1.74. The number of pyridine rings is 1. The summed E-state index contributed by atoms with van der Waals surface area (Å²) in [4.78, 5) is 17.1. The van der Waals surface area contributed by atoms with Crippen molar-refractivity contribution in [2.24, 2.45) is 5.73 Å². The van der Waals surface area contributed by atoms with Crippen LogP contribution in [0.3, 0.4) is 0 Å². The van der Waals surface area contributed by atoms with E-state index in [4.69, 9.17) is 10.5 Å². The second-order valence-corrected chi connectivity index (χ2v) is 3.39. The van der Waals surface area contributed by atoms with Crippen LogP contribution in [-0.2, 0) is 11.3 Å². The van der Waals surface area contributed by atoms with Crippen molar-refractivity contribution < 1.29 is 9.53 Å². The highest BCUT2D eigenvalue weighted by atomic mass is 16.5. The number of carbonyl (C=O) groups excluding carboxylic acids is 1. The van der Waals surface area contributed by atoms with Gasteiger partial charge in [0, 0.05) is 20.1 Å². The van der Waals surface area contributed by atoms with Gasteiger partial charge in [0.25, 0.3) is 5.91 Å². The topological polar surface area (TPSA) is 68.5 Å². The Morgan fingerprint density at radius 2 is 2.31 bits per heavy atom. The fourth-order valence-electron chi connectivity index (χ4n) is 1.05. The van der Waals surface area contributed by atoms with E-state index in [0.717, 1.165) is 5.69 Å². The van der Waals surface area contributed by atoms with E-state index in [1.54, 1.807) is 30.3 Å². The third kappa shape index (κ3) is 3.51. The second kappa shape index (κ2) is 6.07. The Hall–Kier alpha value is -1.62. The van der Waals surface area contributed by atoms with Crippen LogP contribution in [0.15, 0.2) is 18.3 Å². The molecule has 0 fully saturated rings. The molecule has 2 N–H and O–H groups in total. The van der Waals surface area contributed by atoms with Crippen molar-refractivity contribution in [1.29, 1.82) is 0 Å². The number of nitrogens with zero attached hydrogens (tertiary/aromatic N) is 2. The van der Waals surface area contributed by atoms with Gasteiger partial charge < -0.3 is 15.4 Å². The fraction of sp³-hybridized carbons (Fsp3) is 0.455. The molecule has 16 heavy (non-hydrogen) atoms. The average molecular weight is 223 g/mol. The van der Waals surface area contributed by atoms with Gasteiger partial charge in [0.15, 0.2) is 6.61 Å². The molecule has 1 amide bonds. The Bertz CT molecular complexity index is 338. The molecule has 5 heteroatoms. The maximum atomic E-state index is 11.4. The van der Waals surface area contributed by atoms with Gasteiger partial charge in [-0.2, -0.15) is 0 Å². The van der Waals surface area contributed by atoms with Gasteiger partial charge >= 0.3 is 0 Å². The molecule has 1 rings (SSSR count). The lowest BCUT2D eigenvalue weighted by molar-refractivity contribution is -0.131. The molecule has 5 nitrogen and oxygen atoms in total. The number of nitrogens with two attached hydrogens (primary N) is 1. The number of carbonyl (C=O) groups is 1.